The van der Waals surface area contributed by atoms with Crippen molar-refractivity contribution in [3.63, 3.8) is 0 Å². The fourth-order valence-corrected chi connectivity index (χ4v) is 3.65. The molecule has 0 aliphatic carbocycles. The molecule has 0 unspecified atom stereocenters. The molecule has 0 saturated heterocycles. The predicted octanol–water partition coefficient (Wildman–Crippen LogP) is 3.49. The molecule has 134 valence electrons. The van der Waals surface area contributed by atoms with Crippen molar-refractivity contribution in [3.05, 3.63) is 60.0 Å². The second kappa shape index (κ2) is 6.71. The Bertz CT molecular complexity index is 927. The van der Waals surface area contributed by atoms with Gasteiger partial charge in [0.05, 0.1) is 18.8 Å². The lowest BCUT2D eigenvalue weighted by molar-refractivity contribution is 0.0611. The third-order valence-corrected chi connectivity index (χ3v) is 4.99. The molecule has 0 spiro atoms. The molecule has 1 aliphatic heterocycles. The summed E-state index contributed by atoms with van der Waals surface area (Å²) in [6, 6.07) is 13.7. The lowest BCUT2D eigenvalue weighted by Gasteiger charge is -2.36. The number of nitrogens with one attached hydrogen (secondary N) is 1. The van der Waals surface area contributed by atoms with Gasteiger partial charge in [-0.25, -0.2) is 0 Å². The zero-order valence-electron chi connectivity index (χ0n) is 15.0. The molecular formula is C20H22N4O2. The molecule has 0 saturated carbocycles. The van der Waals surface area contributed by atoms with Gasteiger partial charge in [-0.2, -0.15) is 5.10 Å². The molecule has 3 aromatic rings. The molecule has 1 aliphatic rings. The van der Waals surface area contributed by atoms with Crippen LogP contribution in [0.15, 0.2) is 48.7 Å². The van der Waals surface area contributed by atoms with E-state index in [1.807, 2.05) is 41.3 Å². The Kier molecular flexibility index (Phi) is 4.24. The molecule has 0 fully saturated rings. The highest BCUT2D eigenvalue weighted by molar-refractivity contribution is 5.93. The van der Waals surface area contributed by atoms with Gasteiger partial charge in [0.15, 0.2) is 0 Å². The van der Waals surface area contributed by atoms with Gasteiger partial charge >= 0.3 is 0 Å². The van der Waals surface area contributed by atoms with Gasteiger partial charge in [0.25, 0.3) is 5.91 Å². The van der Waals surface area contributed by atoms with Crippen molar-refractivity contribution in [2.45, 2.75) is 25.9 Å². The molecule has 6 nitrogen and oxygen atoms in total. The van der Waals surface area contributed by atoms with Crippen LogP contribution in [0.1, 0.15) is 35.6 Å². The molecule has 2 aromatic heterocycles. The van der Waals surface area contributed by atoms with Crippen LogP contribution in [0.5, 0.6) is 5.75 Å². The van der Waals surface area contributed by atoms with E-state index < -0.39 is 0 Å². The number of hydrogen-bond acceptors (Lipinski definition) is 3. The van der Waals surface area contributed by atoms with Crippen LogP contribution in [0, 0.1) is 0 Å². The maximum atomic E-state index is 13.1. The van der Waals surface area contributed by atoms with E-state index >= 15 is 0 Å². The van der Waals surface area contributed by atoms with Gasteiger partial charge in [-0.05, 0) is 36.8 Å². The summed E-state index contributed by atoms with van der Waals surface area (Å²) in [5.41, 5.74) is 3.36. The zero-order valence-corrected chi connectivity index (χ0v) is 15.0. The second-order valence-corrected chi connectivity index (χ2v) is 6.45. The normalized spacial score (nSPS) is 16.4. The van der Waals surface area contributed by atoms with Gasteiger partial charge in [0.1, 0.15) is 11.4 Å². The molecule has 0 radical (unpaired) electrons. The molecule has 0 bridgehead atoms. The summed E-state index contributed by atoms with van der Waals surface area (Å²) in [7, 11) is 1.63. The minimum Gasteiger partial charge on any atom is -0.497 e. The van der Waals surface area contributed by atoms with E-state index in [1.165, 1.54) is 5.69 Å². The Morgan fingerprint density at radius 2 is 2.15 bits per heavy atom. The van der Waals surface area contributed by atoms with E-state index in [0.717, 1.165) is 30.0 Å². The maximum Gasteiger partial charge on any atom is 0.272 e. The van der Waals surface area contributed by atoms with E-state index in [-0.39, 0.29) is 11.9 Å². The summed E-state index contributed by atoms with van der Waals surface area (Å²) in [5, 5.41) is 7.24. The minimum absolute atomic E-state index is 0.00838. The van der Waals surface area contributed by atoms with E-state index in [2.05, 4.69) is 34.0 Å². The summed E-state index contributed by atoms with van der Waals surface area (Å²) in [4.78, 5) is 15.0. The van der Waals surface area contributed by atoms with Gasteiger partial charge in [-0.1, -0.05) is 19.1 Å². The number of ether oxygens (including phenoxy) is 1. The number of aromatic nitrogens is 3. The van der Waals surface area contributed by atoms with E-state index in [9.17, 15) is 4.79 Å². The molecular weight excluding hydrogens is 328 g/mol. The summed E-state index contributed by atoms with van der Waals surface area (Å²) >= 11 is 0. The first-order valence-corrected chi connectivity index (χ1v) is 8.87. The van der Waals surface area contributed by atoms with Gasteiger partial charge in [0.2, 0.25) is 0 Å². The van der Waals surface area contributed by atoms with Crippen molar-refractivity contribution >= 4 is 5.91 Å². The zero-order chi connectivity index (χ0) is 18.1. The topological polar surface area (TPSA) is 63.1 Å². The fraction of sp³-hybridized carbons (Fsp3) is 0.300. The first-order chi connectivity index (χ1) is 12.7. The van der Waals surface area contributed by atoms with Crippen molar-refractivity contribution in [1.29, 1.82) is 0 Å². The van der Waals surface area contributed by atoms with Gasteiger partial charge in [-0.3, -0.25) is 9.89 Å². The van der Waals surface area contributed by atoms with E-state index in [0.29, 0.717) is 12.2 Å². The number of rotatable bonds is 4. The third kappa shape index (κ3) is 2.77. The molecule has 1 amide bonds. The monoisotopic (exact) mass is 350 g/mol. The SMILES string of the molecule is CC[C@H]1c2cccn2CCN1C(=O)c1cc(-c2cccc(OC)c2)n[nH]1. The average Bonchev–Trinajstić information content (AvgIpc) is 3.36. The van der Waals surface area contributed by atoms with Crippen molar-refractivity contribution < 1.29 is 9.53 Å². The first-order valence-electron chi connectivity index (χ1n) is 8.87. The van der Waals surface area contributed by atoms with Crippen LogP contribution >= 0.6 is 0 Å². The summed E-state index contributed by atoms with van der Waals surface area (Å²) in [6.07, 6.45) is 2.96. The molecule has 4 rings (SSSR count). The fourth-order valence-electron chi connectivity index (χ4n) is 3.65. The summed E-state index contributed by atoms with van der Waals surface area (Å²) in [5.74, 6) is 0.757. The number of carbonyl (C=O) groups excluding carboxylic acids is 1. The Balaban J connectivity index is 1.60. The number of benzene rings is 1. The second-order valence-electron chi connectivity index (χ2n) is 6.45. The number of amides is 1. The van der Waals surface area contributed by atoms with Crippen LogP contribution in [0.3, 0.4) is 0 Å². The molecule has 3 heterocycles. The number of fused-ring (bicyclic) bond motifs is 1. The Morgan fingerprint density at radius 3 is 2.96 bits per heavy atom. The molecule has 1 aromatic carbocycles. The smallest absolute Gasteiger partial charge is 0.272 e. The van der Waals surface area contributed by atoms with E-state index in [1.54, 1.807) is 7.11 Å². The van der Waals surface area contributed by atoms with Crippen LogP contribution in [0.4, 0.5) is 0 Å². The van der Waals surface area contributed by atoms with Crippen molar-refractivity contribution in [2.24, 2.45) is 0 Å². The highest BCUT2D eigenvalue weighted by Crippen LogP contribution is 2.30. The minimum atomic E-state index is -0.00838. The standard InChI is InChI=1S/C20H22N4O2/c1-3-18-19-8-5-9-23(19)10-11-24(18)20(25)17-13-16(21-22-17)14-6-4-7-15(12-14)26-2/h4-9,12-13,18H,3,10-11H2,1-2H3,(H,21,22)/t18-/m0/s1. The molecule has 1 atom stereocenters. The van der Waals surface area contributed by atoms with Crippen molar-refractivity contribution in [1.82, 2.24) is 19.7 Å². The van der Waals surface area contributed by atoms with Crippen LogP contribution in [0.2, 0.25) is 0 Å². The summed E-state index contributed by atoms with van der Waals surface area (Å²) < 4.78 is 7.49. The average molecular weight is 350 g/mol. The maximum absolute atomic E-state index is 13.1. The Morgan fingerprint density at radius 1 is 1.27 bits per heavy atom. The van der Waals surface area contributed by atoms with Gasteiger partial charge < -0.3 is 14.2 Å². The van der Waals surface area contributed by atoms with Crippen molar-refractivity contribution in [3.8, 4) is 17.0 Å². The highest BCUT2D eigenvalue weighted by atomic mass is 16.5. The number of carbonyl (C=O) groups is 1. The molecule has 26 heavy (non-hydrogen) atoms. The lowest BCUT2D eigenvalue weighted by Crippen LogP contribution is -2.41. The van der Waals surface area contributed by atoms with Gasteiger partial charge in [0, 0.05) is 30.5 Å². The predicted molar refractivity (Wildman–Crippen MR) is 99.1 cm³/mol. The number of hydrogen-bond donors (Lipinski definition) is 1. The number of H-pyrrole nitrogens is 1. The quantitative estimate of drug-likeness (QED) is 0.783. The largest absolute Gasteiger partial charge is 0.497 e. The third-order valence-electron chi connectivity index (χ3n) is 4.99. The lowest BCUT2D eigenvalue weighted by atomic mass is 10.1. The van der Waals surface area contributed by atoms with Gasteiger partial charge in [-0.15, -0.1) is 0 Å². The van der Waals surface area contributed by atoms with Crippen LogP contribution in [0.25, 0.3) is 11.3 Å². The Hall–Kier alpha value is -3.02. The first kappa shape index (κ1) is 16.4. The van der Waals surface area contributed by atoms with Crippen molar-refractivity contribution in [2.75, 3.05) is 13.7 Å². The van der Waals surface area contributed by atoms with Crippen LogP contribution in [-0.4, -0.2) is 39.2 Å². The number of aromatic amines is 1. The number of methoxy groups -OCH3 is 1. The van der Waals surface area contributed by atoms with Crippen LogP contribution in [-0.2, 0) is 6.54 Å². The van der Waals surface area contributed by atoms with E-state index in [4.69, 9.17) is 4.74 Å². The summed E-state index contributed by atoms with van der Waals surface area (Å²) in [6.45, 7) is 3.64. The Labute approximate surface area is 152 Å². The molecule has 1 N–H and O–H groups in total. The molecule has 6 heteroatoms. The number of nitrogens with zero attached hydrogens (tertiary/aromatic N) is 3. The van der Waals surface area contributed by atoms with Crippen LogP contribution < -0.4 is 4.74 Å². The highest BCUT2D eigenvalue weighted by Gasteiger charge is 2.31.